The number of aromatic nitrogens is 4. The summed E-state index contributed by atoms with van der Waals surface area (Å²) < 4.78 is 15.1. The van der Waals surface area contributed by atoms with Gasteiger partial charge < -0.3 is 5.32 Å². The summed E-state index contributed by atoms with van der Waals surface area (Å²) in [4.78, 5) is 0.834. The van der Waals surface area contributed by atoms with E-state index in [-0.39, 0.29) is 11.2 Å². The van der Waals surface area contributed by atoms with Crippen LogP contribution in [0.4, 0.5) is 15.2 Å². The molecule has 0 amide bonds. The third kappa shape index (κ3) is 2.22. The molecule has 0 atom stereocenters. The van der Waals surface area contributed by atoms with E-state index < -0.39 is 0 Å². The zero-order valence-electron chi connectivity index (χ0n) is 14.4. The largest absolute Gasteiger partial charge is 0.330 e. The molecule has 4 bridgehead atoms. The maximum atomic E-state index is 13.1. The summed E-state index contributed by atoms with van der Waals surface area (Å²) in [6.45, 7) is 0. The van der Waals surface area contributed by atoms with Crippen molar-refractivity contribution in [1.29, 1.82) is 0 Å². The molecule has 4 aliphatic rings. The number of hydrogen-bond donors (Lipinski definition) is 1. The van der Waals surface area contributed by atoms with Crippen molar-refractivity contribution >= 4 is 27.1 Å². The normalized spacial score (nSPS) is 32.4. The van der Waals surface area contributed by atoms with E-state index in [1.807, 2.05) is 4.52 Å². The van der Waals surface area contributed by atoms with Gasteiger partial charge in [0.15, 0.2) is 5.82 Å². The van der Waals surface area contributed by atoms with E-state index in [9.17, 15) is 4.39 Å². The van der Waals surface area contributed by atoms with Crippen molar-refractivity contribution in [1.82, 2.24) is 19.8 Å². The second kappa shape index (κ2) is 5.25. The first-order valence-corrected chi connectivity index (χ1v) is 10.2. The Morgan fingerprint density at radius 1 is 1.00 bits per heavy atom. The van der Waals surface area contributed by atoms with Crippen molar-refractivity contribution in [3.8, 4) is 0 Å². The van der Waals surface area contributed by atoms with Crippen LogP contribution < -0.4 is 5.32 Å². The lowest BCUT2D eigenvalue weighted by atomic mass is 9.49. The van der Waals surface area contributed by atoms with E-state index in [1.165, 1.54) is 62.0 Å². The van der Waals surface area contributed by atoms with Crippen LogP contribution in [0.25, 0.3) is 4.96 Å². The lowest BCUT2D eigenvalue weighted by molar-refractivity contribution is -0.0103. The van der Waals surface area contributed by atoms with Crippen LogP contribution in [0.2, 0.25) is 0 Å². The van der Waals surface area contributed by atoms with Gasteiger partial charge in [0, 0.05) is 11.1 Å². The molecule has 26 heavy (non-hydrogen) atoms. The summed E-state index contributed by atoms with van der Waals surface area (Å²) in [5.41, 5.74) is 1.00. The molecule has 0 aliphatic heterocycles. The molecule has 1 aromatic carbocycles. The third-order valence-electron chi connectivity index (χ3n) is 6.60. The van der Waals surface area contributed by atoms with Crippen LogP contribution in [0, 0.1) is 23.6 Å². The van der Waals surface area contributed by atoms with Gasteiger partial charge in [-0.1, -0.05) is 11.3 Å². The monoisotopic (exact) mass is 369 g/mol. The Kier molecular flexibility index (Phi) is 3.05. The fourth-order valence-corrected chi connectivity index (χ4v) is 6.80. The van der Waals surface area contributed by atoms with Gasteiger partial charge in [-0.25, -0.2) is 4.39 Å². The molecule has 7 rings (SSSR count). The highest BCUT2D eigenvalue weighted by Crippen LogP contribution is 2.60. The second-order valence-electron chi connectivity index (χ2n) is 8.45. The van der Waals surface area contributed by atoms with Crippen LogP contribution in [0.3, 0.4) is 0 Å². The Morgan fingerprint density at radius 2 is 1.65 bits per heavy atom. The summed E-state index contributed by atoms with van der Waals surface area (Å²) >= 11 is 1.49. The number of nitrogens with zero attached hydrogens (tertiary/aromatic N) is 4. The molecule has 2 heterocycles. The summed E-state index contributed by atoms with van der Waals surface area (Å²) in [5.74, 6) is 3.42. The van der Waals surface area contributed by atoms with E-state index in [0.717, 1.165) is 39.4 Å². The van der Waals surface area contributed by atoms with Gasteiger partial charge in [-0.15, -0.1) is 15.3 Å². The van der Waals surface area contributed by atoms with Crippen molar-refractivity contribution in [2.45, 2.75) is 43.9 Å². The van der Waals surface area contributed by atoms with Gasteiger partial charge in [-0.3, -0.25) is 0 Å². The molecule has 5 nitrogen and oxygen atoms in total. The fourth-order valence-electron chi connectivity index (χ4n) is 6.04. The molecule has 0 unspecified atom stereocenters. The number of fused-ring (bicyclic) bond motifs is 1. The number of halogens is 1. The minimum absolute atomic E-state index is 0.176. The molecule has 7 heteroatoms. The van der Waals surface area contributed by atoms with Gasteiger partial charge >= 0.3 is 0 Å². The average molecular weight is 369 g/mol. The smallest absolute Gasteiger partial charge is 0.236 e. The van der Waals surface area contributed by atoms with Gasteiger partial charge in [0.05, 0.1) is 0 Å². The van der Waals surface area contributed by atoms with Gasteiger partial charge in [-0.2, -0.15) is 4.52 Å². The fraction of sp³-hybridized carbons (Fsp3) is 0.526. The van der Waals surface area contributed by atoms with E-state index >= 15 is 0 Å². The Labute approximate surface area is 154 Å². The molecule has 1 N–H and O–H groups in total. The summed E-state index contributed by atoms with van der Waals surface area (Å²) in [7, 11) is 0. The third-order valence-corrected chi connectivity index (χ3v) is 7.41. The van der Waals surface area contributed by atoms with Gasteiger partial charge in [0.2, 0.25) is 10.1 Å². The van der Waals surface area contributed by atoms with Crippen molar-refractivity contribution in [2.24, 2.45) is 17.8 Å². The molecule has 0 saturated heterocycles. The number of hydrogen-bond acceptors (Lipinski definition) is 5. The van der Waals surface area contributed by atoms with E-state index in [4.69, 9.17) is 5.10 Å². The standard InChI is InChI=1S/C19H20FN5S/c20-14-1-3-15(4-2-14)21-17-24-25-16(22-23-18(25)26-17)19-8-11-5-12(9-19)7-13(6-11)10-19/h1-4,11-13H,5-10H2,(H,21,24). The molecule has 4 saturated carbocycles. The number of benzene rings is 1. The highest BCUT2D eigenvalue weighted by atomic mass is 32.1. The number of nitrogens with one attached hydrogen (secondary N) is 1. The zero-order valence-corrected chi connectivity index (χ0v) is 15.2. The van der Waals surface area contributed by atoms with Crippen LogP contribution in [0.15, 0.2) is 24.3 Å². The van der Waals surface area contributed by atoms with E-state index in [2.05, 4.69) is 15.5 Å². The summed E-state index contributed by atoms with van der Waals surface area (Å²) in [6.07, 6.45) is 7.98. The highest BCUT2D eigenvalue weighted by molar-refractivity contribution is 7.20. The minimum atomic E-state index is -0.238. The van der Waals surface area contributed by atoms with Crippen LogP contribution in [-0.2, 0) is 5.41 Å². The maximum Gasteiger partial charge on any atom is 0.236 e. The zero-order chi connectivity index (χ0) is 17.3. The van der Waals surface area contributed by atoms with Crippen molar-refractivity contribution in [2.75, 3.05) is 5.32 Å². The van der Waals surface area contributed by atoms with Crippen molar-refractivity contribution < 1.29 is 4.39 Å². The first-order chi connectivity index (χ1) is 12.7. The molecule has 3 aromatic rings. The lowest BCUT2D eigenvalue weighted by Gasteiger charge is -2.55. The number of anilines is 2. The SMILES string of the molecule is Fc1ccc(Nc2nn3c(C45CC6CC(CC(C6)C4)C5)nnc3s2)cc1. The van der Waals surface area contributed by atoms with Gasteiger partial charge in [0.25, 0.3) is 0 Å². The first-order valence-electron chi connectivity index (χ1n) is 9.42. The second-order valence-corrected chi connectivity index (χ2v) is 9.41. The predicted octanol–water partition coefficient (Wildman–Crippen LogP) is 4.54. The minimum Gasteiger partial charge on any atom is -0.330 e. The number of rotatable bonds is 3. The first kappa shape index (κ1) is 15.1. The predicted molar refractivity (Wildman–Crippen MR) is 98.2 cm³/mol. The molecule has 4 aliphatic carbocycles. The quantitative estimate of drug-likeness (QED) is 0.737. The Morgan fingerprint density at radius 3 is 2.31 bits per heavy atom. The molecular weight excluding hydrogens is 349 g/mol. The topological polar surface area (TPSA) is 55.1 Å². The molecule has 134 valence electrons. The summed E-state index contributed by atoms with van der Waals surface area (Å²) in [5, 5.41) is 17.8. The van der Waals surface area contributed by atoms with E-state index in [0.29, 0.717) is 0 Å². The van der Waals surface area contributed by atoms with Crippen molar-refractivity contribution in [3.05, 3.63) is 35.9 Å². The Bertz CT molecular complexity index is 940. The average Bonchev–Trinajstić information content (AvgIpc) is 3.15. The van der Waals surface area contributed by atoms with Crippen LogP contribution >= 0.6 is 11.3 Å². The van der Waals surface area contributed by atoms with Crippen LogP contribution in [-0.4, -0.2) is 19.8 Å². The van der Waals surface area contributed by atoms with Crippen LogP contribution in [0.1, 0.15) is 44.3 Å². The molecule has 0 radical (unpaired) electrons. The summed E-state index contributed by atoms with van der Waals surface area (Å²) in [6, 6.07) is 6.34. The van der Waals surface area contributed by atoms with Crippen LogP contribution in [0.5, 0.6) is 0 Å². The van der Waals surface area contributed by atoms with E-state index in [1.54, 1.807) is 12.1 Å². The van der Waals surface area contributed by atoms with Gasteiger partial charge in [-0.05, 0) is 80.5 Å². The lowest BCUT2D eigenvalue weighted by Crippen LogP contribution is -2.49. The van der Waals surface area contributed by atoms with Crippen molar-refractivity contribution in [3.63, 3.8) is 0 Å². The van der Waals surface area contributed by atoms with Gasteiger partial charge in [0.1, 0.15) is 5.82 Å². The molecular formula is C19H20FN5S. The Balaban J connectivity index is 1.36. The Hall–Kier alpha value is -2.02. The molecule has 2 aromatic heterocycles. The highest BCUT2D eigenvalue weighted by Gasteiger charge is 2.54. The molecule has 0 spiro atoms. The maximum absolute atomic E-state index is 13.1. The molecule has 4 fully saturated rings.